The molecule has 0 unspecified atom stereocenters. The van der Waals surface area contributed by atoms with Gasteiger partial charge in [0.1, 0.15) is 5.75 Å². The molecule has 6 heteroatoms. The second-order valence-corrected chi connectivity index (χ2v) is 6.41. The minimum atomic E-state index is -0.339. The van der Waals surface area contributed by atoms with Gasteiger partial charge in [-0.3, -0.25) is 9.59 Å². The molecule has 0 saturated carbocycles. The third kappa shape index (κ3) is 5.62. The average Bonchev–Trinajstić information content (AvgIpc) is 2.61. The van der Waals surface area contributed by atoms with Crippen LogP contribution in [0.25, 0.3) is 0 Å². The van der Waals surface area contributed by atoms with Crippen molar-refractivity contribution in [3.63, 3.8) is 0 Å². The van der Waals surface area contributed by atoms with Crippen LogP contribution in [0.1, 0.15) is 6.92 Å². The van der Waals surface area contributed by atoms with E-state index in [-0.39, 0.29) is 22.8 Å². The van der Waals surface area contributed by atoms with Crippen LogP contribution < -0.4 is 15.4 Å². The first kappa shape index (κ1) is 17.9. The third-order valence-corrected chi connectivity index (χ3v) is 4.39. The van der Waals surface area contributed by atoms with Crippen LogP contribution in [0, 0.1) is 0 Å². The molecule has 24 heavy (non-hydrogen) atoms. The van der Waals surface area contributed by atoms with Crippen LogP contribution in [0.3, 0.4) is 0 Å². The SMILES string of the molecule is COc1ccc(NC(=O)[C@H](C)SCC(=O)Nc2ccccc2)cc1. The first-order valence-electron chi connectivity index (χ1n) is 7.50. The minimum Gasteiger partial charge on any atom is -0.497 e. The summed E-state index contributed by atoms with van der Waals surface area (Å²) in [4.78, 5) is 24.0. The van der Waals surface area contributed by atoms with Crippen molar-refractivity contribution in [2.45, 2.75) is 12.2 Å². The summed E-state index contributed by atoms with van der Waals surface area (Å²) in [6.07, 6.45) is 0. The molecule has 2 rings (SSSR count). The highest BCUT2D eigenvalue weighted by Crippen LogP contribution is 2.18. The summed E-state index contributed by atoms with van der Waals surface area (Å²) >= 11 is 1.29. The monoisotopic (exact) mass is 344 g/mol. The van der Waals surface area contributed by atoms with Crippen LogP contribution in [-0.4, -0.2) is 29.9 Å². The van der Waals surface area contributed by atoms with Gasteiger partial charge in [-0.15, -0.1) is 11.8 Å². The number of carbonyl (C=O) groups is 2. The van der Waals surface area contributed by atoms with Gasteiger partial charge in [-0.05, 0) is 43.3 Å². The summed E-state index contributed by atoms with van der Waals surface area (Å²) < 4.78 is 5.07. The molecule has 0 spiro atoms. The predicted molar refractivity (Wildman–Crippen MR) is 98.6 cm³/mol. The van der Waals surface area contributed by atoms with Gasteiger partial charge in [0.25, 0.3) is 0 Å². The number of amides is 2. The first-order valence-corrected chi connectivity index (χ1v) is 8.55. The van der Waals surface area contributed by atoms with Crippen molar-refractivity contribution in [2.24, 2.45) is 0 Å². The van der Waals surface area contributed by atoms with Gasteiger partial charge in [0.15, 0.2) is 0 Å². The van der Waals surface area contributed by atoms with Crippen LogP contribution in [0.2, 0.25) is 0 Å². The van der Waals surface area contributed by atoms with Crippen LogP contribution in [0.5, 0.6) is 5.75 Å². The Bertz CT molecular complexity index is 674. The lowest BCUT2D eigenvalue weighted by atomic mass is 10.3. The maximum Gasteiger partial charge on any atom is 0.237 e. The van der Waals surface area contributed by atoms with E-state index in [1.54, 1.807) is 38.3 Å². The largest absolute Gasteiger partial charge is 0.497 e. The highest BCUT2D eigenvalue weighted by atomic mass is 32.2. The standard InChI is InChI=1S/C18H20N2O3S/c1-13(18(22)20-15-8-10-16(23-2)11-9-15)24-12-17(21)19-14-6-4-3-5-7-14/h3-11,13H,12H2,1-2H3,(H,19,21)(H,20,22)/t13-/m0/s1. The Morgan fingerprint density at radius 2 is 1.62 bits per heavy atom. The molecule has 0 aliphatic heterocycles. The van der Waals surface area contributed by atoms with Crippen molar-refractivity contribution in [2.75, 3.05) is 23.5 Å². The maximum atomic E-state index is 12.1. The Morgan fingerprint density at radius 1 is 1.00 bits per heavy atom. The summed E-state index contributed by atoms with van der Waals surface area (Å²) in [6, 6.07) is 16.3. The molecule has 5 nitrogen and oxygen atoms in total. The number of hydrogen-bond acceptors (Lipinski definition) is 4. The Balaban J connectivity index is 1.77. The number of anilines is 2. The van der Waals surface area contributed by atoms with Gasteiger partial charge in [0, 0.05) is 11.4 Å². The van der Waals surface area contributed by atoms with E-state index in [1.165, 1.54) is 11.8 Å². The number of nitrogens with one attached hydrogen (secondary N) is 2. The van der Waals surface area contributed by atoms with Crippen LogP contribution in [-0.2, 0) is 9.59 Å². The van der Waals surface area contributed by atoms with E-state index in [0.29, 0.717) is 5.69 Å². The van der Waals surface area contributed by atoms with E-state index < -0.39 is 0 Å². The molecule has 126 valence electrons. The molecule has 2 amide bonds. The third-order valence-electron chi connectivity index (χ3n) is 3.25. The van der Waals surface area contributed by atoms with Crippen LogP contribution >= 0.6 is 11.8 Å². The molecule has 0 radical (unpaired) electrons. The summed E-state index contributed by atoms with van der Waals surface area (Å²) in [5.74, 6) is 0.674. The maximum absolute atomic E-state index is 12.1. The van der Waals surface area contributed by atoms with Gasteiger partial charge < -0.3 is 15.4 Å². The molecule has 1 atom stereocenters. The number of benzene rings is 2. The fourth-order valence-corrected chi connectivity index (χ4v) is 2.60. The number of methoxy groups -OCH3 is 1. The van der Waals surface area contributed by atoms with Gasteiger partial charge in [-0.1, -0.05) is 18.2 Å². The molecule has 0 fully saturated rings. The van der Waals surface area contributed by atoms with Crippen LogP contribution in [0.15, 0.2) is 54.6 Å². The number of hydrogen-bond donors (Lipinski definition) is 2. The fraction of sp³-hybridized carbons (Fsp3) is 0.222. The molecule has 2 N–H and O–H groups in total. The molecule has 0 heterocycles. The zero-order valence-corrected chi connectivity index (χ0v) is 14.4. The van der Waals surface area contributed by atoms with E-state index in [4.69, 9.17) is 4.74 Å². The predicted octanol–water partition coefficient (Wildman–Crippen LogP) is 3.39. The Morgan fingerprint density at radius 3 is 2.25 bits per heavy atom. The van der Waals surface area contributed by atoms with Crippen LogP contribution in [0.4, 0.5) is 11.4 Å². The van der Waals surface area contributed by atoms with Crippen molar-refractivity contribution in [1.29, 1.82) is 0 Å². The fourth-order valence-electron chi connectivity index (χ4n) is 1.91. The molecule has 2 aromatic rings. The first-order chi connectivity index (χ1) is 11.6. The normalized spacial score (nSPS) is 11.4. The zero-order valence-electron chi connectivity index (χ0n) is 13.6. The Hall–Kier alpha value is -2.47. The molecule has 0 aliphatic carbocycles. The molecule has 0 bridgehead atoms. The lowest BCUT2D eigenvalue weighted by Gasteiger charge is -2.12. The zero-order chi connectivity index (χ0) is 17.4. The van der Waals surface area contributed by atoms with E-state index in [1.807, 2.05) is 30.3 Å². The summed E-state index contributed by atoms with van der Waals surface area (Å²) in [7, 11) is 1.59. The number of ether oxygens (including phenoxy) is 1. The topological polar surface area (TPSA) is 67.4 Å². The quantitative estimate of drug-likeness (QED) is 0.808. The molecular formula is C18H20N2O3S. The lowest BCUT2D eigenvalue weighted by molar-refractivity contribution is -0.115. The number of para-hydroxylation sites is 1. The summed E-state index contributed by atoms with van der Waals surface area (Å²) in [5, 5.41) is 5.27. The second kappa shape index (κ2) is 8.98. The molecule has 0 aliphatic rings. The summed E-state index contributed by atoms with van der Waals surface area (Å²) in [5.41, 5.74) is 1.44. The Labute approximate surface area is 145 Å². The molecule has 2 aromatic carbocycles. The number of rotatable bonds is 7. The van der Waals surface area contributed by atoms with Gasteiger partial charge >= 0.3 is 0 Å². The van der Waals surface area contributed by atoms with E-state index >= 15 is 0 Å². The van der Waals surface area contributed by atoms with Gasteiger partial charge in [0.05, 0.1) is 18.1 Å². The molecular weight excluding hydrogens is 324 g/mol. The van der Waals surface area contributed by atoms with Gasteiger partial charge in [-0.2, -0.15) is 0 Å². The average molecular weight is 344 g/mol. The van der Waals surface area contributed by atoms with Crippen molar-refractivity contribution < 1.29 is 14.3 Å². The highest BCUT2D eigenvalue weighted by molar-refractivity contribution is 8.01. The Kier molecular flexibility index (Phi) is 6.69. The number of carbonyl (C=O) groups excluding carboxylic acids is 2. The summed E-state index contributed by atoms with van der Waals surface area (Å²) in [6.45, 7) is 1.78. The van der Waals surface area contributed by atoms with Crippen molar-refractivity contribution in [1.82, 2.24) is 0 Å². The lowest BCUT2D eigenvalue weighted by Crippen LogP contribution is -2.25. The molecule has 0 aromatic heterocycles. The molecule has 0 saturated heterocycles. The van der Waals surface area contributed by atoms with E-state index in [9.17, 15) is 9.59 Å². The van der Waals surface area contributed by atoms with Gasteiger partial charge in [-0.25, -0.2) is 0 Å². The van der Waals surface area contributed by atoms with Crippen molar-refractivity contribution >= 4 is 35.0 Å². The second-order valence-electron chi connectivity index (χ2n) is 5.09. The van der Waals surface area contributed by atoms with Crippen molar-refractivity contribution in [3.8, 4) is 5.75 Å². The van der Waals surface area contributed by atoms with E-state index in [2.05, 4.69) is 10.6 Å². The van der Waals surface area contributed by atoms with Gasteiger partial charge in [0.2, 0.25) is 11.8 Å². The minimum absolute atomic E-state index is 0.129. The highest BCUT2D eigenvalue weighted by Gasteiger charge is 2.15. The van der Waals surface area contributed by atoms with E-state index in [0.717, 1.165) is 11.4 Å². The van der Waals surface area contributed by atoms with Crippen molar-refractivity contribution in [3.05, 3.63) is 54.6 Å². The smallest absolute Gasteiger partial charge is 0.237 e. The number of thioether (sulfide) groups is 1.